The quantitative estimate of drug-likeness (QED) is 0.919. The van der Waals surface area contributed by atoms with E-state index in [-0.39, 0.29) is 23.8 Å². The summed E-state index contributed by atoms with van der Waals surface area (Å²) in [6.45, 7) is 4.80. The maximum absolute atomic E-state index is 12.0. The van der Waals surface area contributed by atoms with Gasteiger partial charge in [-0.3, -0.25) is 4.90 Å². The van der Waals surface area contributed by atoms with Crippen molar-refractivity contribution in [1.82, 2.24) is 0 Å². The number of amides is 1. The number of hydrogen-bond donors (Lipinski definition) is 1. The van der Waals surface area contributed by atoms with Crippen LogP contribution in [-0.2, 0) is 4.74 Å². The molecule has 1 amide bonds. The van der Waals surface area contributed by atoms with Crippen molar-refractivity contribution in [3.63, 3.8) is 0 Å². The van der Waals surface area contributed by atoms with E-state index >= 15 is 0 Å². The fourth-order valence-corrected chi connectivity index (χ4v) is 1.92. The standard InChI is InChI=1S/C14H17NO5/c1-9(2)8-20-14(18)15-6-7-19-12-10(13(16)17)4-3-5-11(12)15/h3-5,9H,6-8H2,1-2H3,(H,16,17). The van der Waals surface area contributed by atoms with Crippen molar-refractivity contribution in [2.45, 2.75) is 13.8 Å². The Morgan fingerprint density at radius 3 is 2.85 bits per heavy atom. The minimum Gasteiger partial charge on any atom is -0.489 e. The van der Waals surface area contributed by atoms with Crippen molar-refractivity contribution in [3.05, 3.63) is 23.8 Å². The van der Waals surface area contributed by atoms with Crippen LogP contribution in [0.25, 0.3) is 0 Å². The number of aromatic carboxylic acids is 1. The smallest absolute Gasteiger partial charge is 0.414 e. The number of anilines is 1. The molecule has 108 valence electrons. The molecule has 0 fully saturated rings. The van der Waals surface area contributed by atoms with Crippen molar-refractivity contribution in [2.24, 2.45) is 5.92 Å². The van der Waals surface area contributed by atoms with Crippen LogP contribution in [0.15, 0.2) is 18.2 Å². The highest BCUT2D eigenvalue weighted by Crippen LogP contribution is 2.35. The molecule has 0 saturated carbocycles. The maximum Gasteiger partial charge on any atom is 0.414 e. The van der Waals surface area contributed by atoms with Crippen LogP contribution in [0.3, 0.4) is 0 Å². The van der Waals surface area contributed by atoms with Gasteiger partial charge in [0.2, 0.25) is 0 Å². The number of hydrogen-bond acceptors (Lipinski definition) is 4. The van der Waals surface area contributed by atoms with Gasteiger partial charge in [-0.2, -0.15) is 0 Å². The Labute approximate surface area is 116 Å². The summed E-state index contributed by atoms with van der Waals surface area (Å²) in [5.41, 5.74) is 0.480. The summed E-state index contributed by atoms with van der Waals surface area (Å²) in [5.74, 6) is -0.628. The number of carbonyl (C=O) groups is 2. The SMILES string of the molecule is CC(C)COC(=O)N1CCOc2c(C(=O)O)cccc21. The van der Waals surface area contributed by atoms with Crippen LogP contribution >= 0.6 is 0 Å². The molecule has 1 heterocycles. The highest BCUT2D eigenvalue weighted by Gasteiger charge is 2.28. The third-order valence-electron chi connectivity index (χ3n) is 2.84. The summed E-state index contributed by atoms with van der Waals surface area (Å²) in [4.78, 5) is 24.6. The van der Waals surface area contributed by atoms with Crippen LogP contribution in [0.5, 0.6) is 5.75 Å². The molecule has 0 spiro atoms. The molecule has 0 aromatic heterocycles. The van der Waals surface area contributed by atoms with Crippen LogP contribution in [0, 0.1) is 5.92 Å². The third kappa shape index (κ3) is 2.84. The summed E-state index contributed by atoms with van der Waals surface area (Å²) >= 11 is 0. The lowest BCUT2D eigenvalue weighted by Gasteiger charge is -2.29. The minimum atomic E-state index is -1.08. The van der Waals surface area contributed by atoms with Gasteiger partial charge in [0.25, 0.3) is 0 Å². The van der Waals surface area contributed by atoms with E-state index in [1.807, 2.05) is 13.8 Å². The van der Waals surface area contributed by atoms with Crippen LogP contribution < -0.4 is 9.64 Å². The molecule has 6 heteroatoms. The molecule has 0 atom stereocenters. The highest BCUT2D eigenvalue weighted by molar-refractivity contribution is 5.97. The van der Waals surface area contributed by atoms with Crippen LogP contribution in [0.2, 0.25) is 0 Å². The van der Waals surface area contributed by atoms with Gasteiger partial charge < -0.3 is 14.6 Å². The molecule has 0 radical (unpaired) electrons. The van der Waals surface area contributed by atoms with Crippen molar-refractivity contribution < 1.29 is 24.2 Å². The van der Waals surface area contributed by atoms with Crippen molar-refractivity contribution in [3.8, 4) is 5.75 Å². The van der Waals surface area contributed by atoms with E-state index in [9.17, 15) is 9.59 Å². The molecule has 1 N–H and O–H groups in total. The first-order chi connectivity index (χ1) is 9.50. The zero-order valence-corrected chi connectivity index (χ0v) is 11.5. The minimum absolute atomic E-state index is 0.0452. The first-order valence-electron chi connectivity index (χ1n) is 6.44. The lowest BCUT2D eigenvalue weighted by atomic mass is 10.1. The van der Waals surface area contributed by atoms with Gasteiger partial charge in [0, 0.05) is 0 Å². The number of carbonyl (C=O) groups excluding carboxylic acids is 1. The monoisotopic (exact) mass is 279 g/mol. The molecular formula is C14H17NO5. The van der Waals surface area contributed by atoms with Gasteiger partial charge in [0.1, 0.15) is 12.2 Å². The Morgan fingerprint density at radius 2 is 2.20 bits per heavy atom. The van der Waals surface area contributed by atoms with Gasteiger partial charge in [-0.1, -0.05) is 19.9 Å². The molecule has 1 aromatic rings. The van der Waals surface area contributed by atoms with E-state index in [1.54, 1.807) is 12.1 Å². The second-order valence-corrected chi connectivity index (χ2v) is 4.93. The van der Waals surface area contributed by atoms with Gasteiger partial charge in [0.15, 0.2) is 5.75 Å². The van der Waals surface area contributed by atoms with Crippen LogP contribution in [0.4, 0.5) is 10.5 Å². The van der Waals surface area contributed by atoms with Gasteiger partial charge in [-0.15, -0.1) is 0 Å². The molecule has 2 rings (SSSR count). The summed E-state index contributed by atoms with van der Waals surface area (Å²) in [5, 5.41) is 9.13. The van der Waals surface area contributed by atoms with Crippen molar-refractivity contribution >= 4 is 17.7 Å². The summed E-state index contributed by atoms with van der Waals surface area (Å²) < 4.78 is 10.6. The van der Waals surface area contributed by atoms with Gasteiger partial charge in [0.05, 0.1) is 18.8 Å². The zero-order valence-electron chi connectivity index (χ0n) is 11.5. The lowest BCUT2D eigenvalue weighted by molar-refractivity contribution is 0.0691. The average Bonchev–Trinajstić information content (AvgIpc) is 2.43. The Balaban J connectivity index is 2.26. The number of rotatable bonds is 3. The van der Waals surface area contributed by atoms with Gasteiger partial charge in [-0.25, -0.2) is 9.59 Å². The van der Waals surface area contributed by atoms with E-state index in [0.717, 1.165) is 0 Å². The van der Waals surface area contributed by atoms with E-state index in [4.69, 9.17) is 14.6 Å². The molecule has 0 aliphatic carbocycles. The summed E-state index contributed by atoms with van der Waals surface area (Å²) in [6, 6.07) is 4.68. The number of nitrogens with zero attached hydrogens (tertiary/aromatic N) is 1. The molecule has 6 nitrogen and oxygen atoms in total. The van der Waals surface area contributed by atoms with Crippen LogP contribution in [0.1, 0.15) is 24.2 Å². The zero-order chi connectivity index (χ0) is 14.7. The number of benzene rings is 1. The Hall–Kier alpha value is -2.24. The summed E-state index contributed by atoms with van der Waals surface area (Å²) in [6.07, 6.45) is -0.481. The average molecular weight is 279 g/mol. The molecule has 20 heavy (non-hydrogen) atoms. The molecule has 1 aliphatic rings. The van der Waals surface area contributed by atoms with E-state index in [0.29, 0.717) is 18.8 Å². The first kappa shape index (κ1) is 14.2. The number of fused-ring (bicyclic) bond motifs is 1. The number of carboxylic acid groups (broad SMARTS) is 1. The fraction of sp³-hybridized carbons (Fsp3) is 0.429. The van der Waals surface area contributed by atoms with E-state index < -0.39 is 12.1 Å². The lowest BCUT2D eigenvalue weighted by Crippen LogP contribution is -2.39. The molecule has 1 aliphatic heterocycles. The van der Waals surface area contributed by atoms with Crippen LogP contribution in [-0.4, -0.2) is 36.9 Å². The Bertz CT molecular complexity index is 526. The number of carboxylic acids is 1. The summed E-state index contributed by atoms with van der Waals surface area (Å²) in [7, 11) is 0. The number of ether oxygens (including phenoxy) is 2. The second-order valence-electron chi connectivity index (χ2n) is 4.93. The highest BCUT2D eigenvalue weighted by atomic mass is 16.6. The van der Waals surface area contributed by atoms with Gasteiger partial charge in [-0.05, 0) is 18.1 Å². The molecule has 0 bridgehead atoms. The van der Waals surface area contributed by atoms with Gasteiger partial charge >= 0.3 is 12.1 Å². The van der Waals surface area contributed by atoms with Crippen molar-refractivity contribution in [1.29, 1.82) is 0 Å². The topological polar surface area (TPSA) is 76.1 Å². The third-order valence-corrected chi connectivity index (χ3v) is 2.84. The molecular weight excluding hydrogens is 262 g/mol. The second kappa shape index (κ2) is 5.81. The Morgan fingerprint density at radius 1 is 1.45 bits per heavy atom. The van der Waals surface area contributed by atoms with Crippen molar-refractivity contribution in [2.75, 3.05) is 24.7 Å². The van der Waals surface area contributed by atoms with E-state index in [2.05, 4.69) is 0 Å². The number of para-hydroxylation sites is 1. The molecule has 0 unspecified atom stereocenters. The largest absolute Gasteiger partial charge is 0.489 e. The first-order valence-corrected chi connectivity index (χ1v) is 6.44. The molecule has 0 saturated heterocycles. The molecule has 1 aromatic carbocycles. The normalized spacial score (nSPS) is 13.7. The maximum atomic E-state index is 12.0. The Kier molecular flexibility index (Phi) is 4.12. The fourth-order valence-electron chi connectivity index (χ4n) is 1.92. The predicted octanol–water partition coefficient (Wildman–Crippen LogP) is 2.38. The van der Waals surface area contributed by atoms with E-state index in [1.165, 1.54) is 11.0 Å². The predicted molar refractivity (Wildman–Crippen MR) is 72.4 cm³/mol.